The summed E-state index contributed by atoms with van der Waals surface area (Å²) >= 11 is 0. The molecule has 0 saturated carbocycles. The molecular formula is C15H16N8O. The van der Waals surface area contributed by atoms with E-state index < -0.39 is 0 Å². The second kappa shape index (κ2) is 7.77. The first-order valence-corrected chi connectivity index (χ1v) is 7.43. The van der Waals surface area contributed by atoms with E-state index in [-0.39, 0.29) is 5.91 Å². The van der Waals surface area contributed by atoms with Crippen LogP contribution in [0.15, 0.2) is 49.4 Å². The van der Waals surface area contributed by atoms with Crippen molar-refractivity contribution in [3.05, 3.63) is 55.0 Å². The minimum Gasteiger partial charge on any atom is -0.354 e. The number of rotatable bonds is 7. The van der Waals surface area contributed by atoms with Crippen molar-refractivity contribution in [3.63, 3.8) is 0 Å². The van der Waals surface area contributed by atoms with Gasteiger partial charge in [0.2, 0.25) is 5.95 Å². The van der Waals surface area contributed by atoms with Gasteiger partial charge in [-0.25, -0.2) is 24.6 Å². The number of pyridine rings is 1. The maximum Gasteiger partial charge on any atom is 0.251 e. The molecule has 0 aliphatic heterocycles. The van der Waals surface area contributed by atoms with Crippen molar-refractivity contribution >= 4 is 11.9 Å². The third-order valence-electron chi connectivity index (χ3n) is 3.15. The predicted molar refractivity (Wildman–Crippen MR) is 86.6 cm³/mol. The average molecular weight is 324 g/mol. The first-order valence-electron chi connectivity index (χ1n) is 7.43. The van der Waals surface area contributed by atoms with Crippen molar-refractivity contribution in [3.8, 4) is 5.82 Å². The van der Waals surface area contributed by atoms with Crippen LogP contribution in [-0.4, -0.2) is 48.7 Å². The summed E-state index contributed by atoms with van der Waals surface area (Å²) in [5.74, 6) is 0.966. The largest absolute Gasteiger partial charge is 0.354 e. The topological polar surface area (TPSA) is 111 Å². The highest BCUT2D eigenvalue weighted by atomic mass is 16.1. The van der Waals surface area contributed by atoms with Gasteiger partial charge in [0.25, 0.3) is 5.91 Å². The van der Waals surface area contributed by atoms with Gasteiger partial charge in [0.05, 0.1) is 0 Å². The van der Waals surface area contributed by atoms with Crippen LogP contribution in [0.1, 0.15) is 16.8 Å². The molecule has 0 saturated heterocycles. The number of amides is 1. The zero-order valence-electron chi connectivity index (χ0n) is 12.8. The second-order valence-corrected chi connectivity index (χ2v) is 4.85. The minimum atomic E-state index is -0.158. The molecule has 24 heavy (non-hydrogen) atoms. The fourth-order valence-electron chi connectivity index (χ4n) is 1.99. The lowest BCUT2D eigenvalue weighted by Gasteiger charge is -2.07. The molecule has 9 nitrogen and oxygen atoms in total. The van der Waals surface area contributed by atoms with Gasteiger partial charge in [-0.3, -0.25) is 4.79 Å². The molecule has 3 aromatic rings. The van der Waals surface area contributed by atoms with E-state index in [0.29, 0.717) is 30.4 Å². The lowest BCUT2D eigenvalue weighted by Crippen LogP contribution is -2.26. The molecule has 122 valence electrons. The molecule has 0 fully saturated rings. The quantitative estimate of drug-likeness (QED) is 0.615. The molecule has 3 heterocycles. The maximum absolute atomic E-state index is 12.2. The average Bonchev–Trinajstić information content (AvgIpc) is 3.17. The number of nitrogens with one attached hydrogen (secondary N) is 2. The van der Waals surface area contributed by atoms with Crippen molar-refractivity contribution in [1.82, 2.24) is 35.0 Å². The van der Waals surface area contributed by atoms with Crippen LogP contribution in [0.3, 0.4) is 0 Å². The fourth-order valence-corrected chi connectivity index (χ4v) is 1.99. The molecule has 9 heteroatoms. The lowest BCUT2D eigenvalue weighted by molar-refractivity contribution is 0.0953. The standard InChI is InChI=1S/C15H16N8O/c24-14(18-4-1-5-19-15-20-6-2-7-21-15)12-3-8-17-13(9-12)23-11-16-10-22-23/h2-3,6-11H,1,4-5H2,(H,18,24)(H,19,20,21). The Balaban J connectivity index is 1.46. The molecular weight excluding hydrogens is 308 g/mol. The molecule has 0 aliphatic carbocycles. The molecule has 3 rings (SSSR count). The van der Waals surface area contributed by atoms with E-state index in [1.165, 1.54) is 17.3 Å². The molecule has 0 radical (unpaired) electrons. The van der Waals surface area contributed by atoms with Crippen LogP contribution >= 0.6 is 0 Å². The number of carbonyl (C=O) groups is 1. The third-order valence-corrected chi connectivity index (χ3v) is 3.15. The number of hydrogen-bond donors (Lipinski definition) is 2. The second-order valence-electron chi connectivity index (χ2n) is 4.85. The summed E-state index contributed by atoms with van der Waals surface area (Å²) < 4.78 is 1.50. The molecule has 0 aromatic carbocycles. The summed E-state index contributed by atoms with van der Waals surface area (Å²) in [6.07, 6.45) is 8.62. The summed E-state index contributed by atoms with van der Waals surface area (Å²) in [4.78, 5) is 28.3. The number of aromatic nitrogens is 6. The molecule has 0 atom stereocenters. The van der Waals surface area contributed by atoms with Gasteiger partial charge in [-0.1, -0.05) is 0 Å². The summed E-state index contributed by atoms with van der Waals surface area (Å²) in [7, 11) is 0. The van der Waals surface area contributed by atoms with Gasteiger partial charge in [-0.2, -0.15) is 5.10 Å². The lowest BCUT2D eigenvalue weighted by atomic mass is 10.2. The number of anilines is 1. The highest BCUT2D eigenvalue weighted by molar-refractivity contribution is 5.94. The van der Waals surface area contributed by atoms with E-state index in [1.807, 2.05) is 0 Å². The zero-order chi connectivity index (χ0) is 16.6. The molecule has 3 aromatic heterocycles. The first-order chi connectivity index (χ1) is 11.8. The summed E-state index contributed by atoms with van der Waals surface area (Å²) in [6, 6.07) is 5.08. The SMILES string of the molecule is O=C(NCCCNc1ncccn1)c1ccnc(-n2cncn2)c1. The van der Waals surface area contributed by atoms with Gasteiger partial charge < -0.3 is 10.6 Å². The minimum absolute atomic E-state index is 0.158. The van der Waals surface area contributed by atoms with Gasteiger partial charge in [-0.15, -0.1) is 0 Å². The molecule has 2 N–H and O–H groups in total. The van der Waals surface area contributed by atoms with Crippen LogP contribution < -0.4 is 10.6 Å². The molecule has 1 amide bonds. The number of carbonyl (C=O) groups excluding carboxylic acids is 1. The van der Waals surface area contributed by atoms with Crippen LogP contribution in [0, 0.1) is 0 Å². The predicted octanol–water partition coefficient (Wildman–Crippen LogP) is 0.684. The van der Waals surface area contributed by atoms with E-state index in [4.69, 9.17) is 0 Å². The Morgan fingerprint density at radius 2 is 2.00 bits per heavy atom. The van der Waals surface area contributed by atoms with E-state index in [2.05, 4.69) is 35.7 Å². The van der Waals surface area contributed by atoms with E-state index in [1.54, 1.807) is 36.8 Å². The Labute approximate surface area is 138 Å². The Bertz CT molecular complexity index is 775. The highest BCUT2D eigenvalue weighted by Gasteiger charge is 2.07. The van der Waals surface area contributed by atoms with Crippen LogP contribution in [0.4, 0.5) is 5.95 Å². The number of hydrogen-bond acceptors (Lipinski definition) is 7. The first kappa shape index (κ1) is 15.5. The highest BCUT2D eigenvalue weighted by Crippen LogP contribution is 2.05. The van der Waals surface area contributed by atoms with Gasteiger partial charge in [0, 0.05) is 37.2 Å². The van der Waals surface area contributed by atoms with Crippen molar-refractivity contribution in [2.45, 2.75) is 6.42 Å². The van der Waals surface area contributed by atoms with Crippen LogP contribution in [0.5, 0.6) is 0 Å². The van der Waals surface area contributed by atoms with Gasteiger partial charge in [-0.05, 0) is 24.6 Å². The summed E-state index contributed by atoms with van der Waals surface area (Å²) in [6.45, 7) is 1.21. The Morgan fingerprint density at radius 1 is 1.12 bits per heavy atom. The molecule has 0 aliphatic rings. The summed E-state index contributed by atoms with van der Waals surface area (Å²) in [5.41, 5.74) is 0.523. The maximum atomic E-state index is 12.2. The molecule has 0 spiro atoms. The molecule has 0 bridgehead atoms. The Morgan fingerprint density at radius 3 is 2.79 bits per heavy atom. The number of nitrogens with zero attached hydrogens (tertiary/aromatic N) is 6. The van der Waals surface area contributed by atoms with Crippen molar-refractivity contribution < 1.29 is 4.79 Å². The van der Waals surface area contributed by atoms with Crippen LogP contribution in [0.25, 0.3) is 5.82 Å². The summed E-state index contributed by atoms with van der Waals surface area (Å²) in [5, 5.41) is 9.94. The van der Waals surface area contributed by atoms with Gasteiger partial charge in [0.1, 0.15) is 12.7 Å². The van der Waals surface area contributed by atoms with E-state index in [9.17, 15) is 4.79 Å². The van der Waals surface area contributed by atoms with Crippen LogP contribution in [-0.2, 0) is 0 Å². The van der Waals surface area contributed by atoms with Gasteiger partial charge in [0.15, 0.2) is 5.82 Å². The Kier molecular flexibility index (Phi) is 5.03. The Hall–Kier alpha value is -3.36. The zero-order valence-corrected chi connectivity index (χ0v) is 12.8. The third kappa shape index (κ3) is 4.09. The smallest absolute Gasteiger partial charge is 0.251 e. The monoisotopic (exact) mass is 324 g/mol. The van der Waals surface area contributed by atoms with Crippen molar-refractivity contribution in [1.29, 1.82) is 0 Å². The van der Waals surface area contributed by atoms with Crippen molar-refractivity contribution in [2.24, 2.45) is 0 Å². The van der Waals surface area contributed by atoms with E-state index in [0.717, 1.165) is 6.42 Å². The van der Waals surface area contributed by atoms with Crippen LogP contribution in [0.2, 0.25) is 0 Å². The van der Waals surface area contributed by atoms with Crippen molar-refractivity contribution in [2.75, 3.05) is 18.4 Å². The fraction of sp³-hybridized carbons (Fsp3) is 0.200. The van der Waals surface area contributed by atoms with Gasteiger partial charge >= 0.3 is 0 Å². The van der Waals surface area contributed by atoms with E-state index >= 15 is 0 Å². The molecule has 0 unspecified atom stereocenters. The normalized spacial score (nSPS) is 10.3.